The minimum absolute atomic E-state index is 0.00908. The molecule has 0 unspecified atom stereocenters. The lowest BCUT2D eigenvalue weighted by Crippen LogP contribution is -2.24. The van der Waals surface area contributed by atoms with Crippen LogP contribution in [-0.4, -0.2) is 37.6 Å². The Bertz CT molecular complexity index is 1260. The molecular weight excluding hydrogens is 478 g/mol. The number of aromatic nitrogens is 4. The zero-order valence-electron chi connectivity index (χ0n) is 17.7. The van der Waals surface area contributed by atoms with Crippen LogP contribution in [0.1, 0.15) is 41.7 Å². The summed E-state index contributed by atoms with van der Waals surface area (Å²) in [7, 11) is 0. The van der Waals surface area contributed by atoms with E-state index in [4.69, 9.17) is 11.6 Å². The molecule has 0 saturated heterocycles. The summed E-state index contributed by atoms with van der Waals surface area (Å²) in [6, 6.07) is 4.53. The van der Waals surface area contributed by atoms with Crippen LogP contribution in [0.2, 0.25) is 5.02 Å². The molecule has 0 aliphatic heterocycles. The Labute approximate surface area is 196 Å². The van der Waals surface area contributed by atoms with Gasteiger partial charge in [-0.2, -0.15) is 13.2 Å². The minimum atomic E-state index is -4.53. The van der Waals surface area contributed by atoms with Crippen LogP contribution in [0, 0.1) is 11.7 Å². The quantitative estimate of drug-likeness (QED) is 0.464. The highest BCUT2D eigenvalue weighted by Crippen LogP contribution is 2.33. The van der Waals surface area contributed by atoms with E-state index in [0.29, 0.717) is 5.56 Å². The van der Waals surface area contributed by atoms with Gasteiger partial charge in [0.25, 0.3) is 5.91 Å². The molecule has 1 amide bonds. The van der Waals surface area contributed by atoms with Gasteiger partial charge in [-0.15, -0.1) is 10.2 Å². The molecule has 1 N–H and O–H groups in total. The van der Waals surface area contributed by atoms with E-state index in [0.717, 1.165) is 36.7 Å². The number of nitrogens with one attached hydrogen (secondary N) is 1. The first kappa shape index (κ1) is 23.8. The number of alkyl halides is 3. The van der Waals surface area contributed by atoms with Crippen molar-refractivity contribution in [2.45, 2.75) is 38.4 Å². The Morgan fingerprint density at radius 3 is 2.68 bits per heavy atom. The second-order valence-electron chi connectivity index (χ2n) is 7.98. The third-order valence-corrected chi connectivity index (χ3v) is 5.81. The van der Waals surface area contributed by atoms with Crippen molar-refractivity contribution in [2.75, 3.05) is 5.32 Å². The van der Waals surface area contributed by atoms with Gasteiger partial charge in [-0.25, -0.2) is 9.37 Å². The van der Waals surface area contributed by atoms with E-state index in [1.165, 1.54) is 24.3 Å². The third kappa shape index (κ3) is 5.09. The van der Waals surface area contributed by atoms with Gasteiger partial charge in [0.15, 0.2) is 5.82 Å². The highest BCUT2D eigenvalue weighted by molar-refractivity contribution is 6.31. The third-order valence-electron chi connectivity index (χ3n) is 5.46. The summed E-state index contributed by atoms with van der Waals surface area (Å²) in [5.41, 5.74) is 0.0174. The number of Topliss-reactive ketones (excluding diaryl/α,β-unsaturated/α-hetero) is 1. The topological polar surface area (TPSA) is 89.8 Å². The molecule has 1 aromatic carbocycles. The zero-order chi connectivity index (χ0) is 24.6. The second-order valence-corrected chi connectivity index (χ2v) is 8.39. The maximum absolute atomic E-state index is 14.5. The van der Waals surface area contributed by atoms with E-state index in [1.54, 1.807) is 0 Å². The Hall–Kier alpha value is -3.34. The van der Waals surface area contributed by atoms with Gasteiger partial charge in [0.1, 0.15) is 35.5 Å². The number of ketones is 1. The number of pyridine rings is 1. The summed E-state index contributed by atoms with van der Waals surface area (Å²) < 4.78 is 54.7. The van der Waals surface area contributed by atoms with E-state index in [2.05, 4.69) is 20.5 Å². The fourth-order valence-electron chi connectivity index (χ4n) is 3.32. The minimum Gasteiger partial charge on any atom is -0.306 e. The maximum Gasteiger partial charge on any atom is 0.408 e. The van der Waals surface area contributed by atoms with Gasteiger partial charge in [-0.05, 0) is 49.6 Å². The van der Waals surface area contributed by atoms with Crippen LogP contribution in [0.5, 0.6) is 0 Å². The van der Waals surface area contributed by atoms with E-state index >= 15 is 0 Å². The lowest BCUT2D eigenvalue weighted by atomic mass is 10.0. The molecule has 12 heteroatoms. The van der Waals surface area contributed by atoms with Gasteiger partial charge < -0.3 is 9.88 Å². The van der Waals surface area contributed by atoms with Crippen molar-refractivity contribution >= 4 is 29.1 Å². The van der Waals surface area contributed by atoms with Crippen LogP contribution in [0.15, 0.2) is 36.7 Å². The first-order valence-corrected chi connectivity index (χ1v) is 10.7. The fraction of sp³-hybridized carbons (Fsp3) is 0.318. The zero-order valence-corrected chi connectivity index (χ0v) is 18.5. The number of amides is 1. The molecule has 0 radical (unpaired) electrons. The highest BCUT2D eigenvalue weighted by atomic mass is 35.5. The van der Waals surface area contributed by atoms with Crippen LogP contribution in [0.4, 0.5) is 23.4 Å². The monoisotopic (exact) mass is 495 g/mol. The molecule has 7 nitrogen and oxygen atoms in total. The molecule has 178 valence electrons. The normalized spacial score (nSPS) is 14.6. The van der Waals surface area contributed by atoms with Gasteiger partial charge in [-0.3, -0.25) is 9.59 Å². The van der Waals surface area contributed by atoms with Gasteiger partial charge in [0, 0.05) is 17.4 Å². The number of benzene rings is 1. The lowest BCUT2D eigenvalue weighted by molar-refractivity contribution is -0.162. The predicted molar refractivity (Wildman–Crippen MR) is 115 cm³/mol. The molecule has 1 saturated carbocycles. The van der Waals surface area contributed by atoms with Crippen molar-refractivity contribution in [3.05, 3.63) is 58.6 Å². The van der Waals surface area contributed by atoms with Crippen LogP contribution in [-0.2, 0) is 11.2 Å². The number of hydrogen-bond donors (Lipinski definition) is 1. The Morgan fingerprint density at radius 2 is 2.00 bits per heavy atom. The average molecular weight is 496 g/mol. The second kappa shape index (κ2) is 9.13. The summed E-state index contributed by atoms with van der Waals surface area (Å²) in [6.45, 7) is 0.952. The number of carbonyl (C=O) groups excluding carboxylic acids is 2. The maximum atomic E-state index is 14.5. The van der Waals surface area contributed by atoms with Gasteiger partial charge in [0.05, 0.1) is 5.56 Å². The SMILES string of the molecule is C[C@H](n1cnnc1-c1cccc(NC(=O)c2cc(CC(=O)C3CC3)c(Cl)cc2F)n1)C(F)(F)F. The van der Waals surface area contributed by atoms with E-state index in [-0.39, 0.29) is 46.0 Å². The lowest BCUT2D eigenvalue weighted by Gasteiger charge is -2.18. The van der Waals surface area contributed by atoms with Crippen molar-refractivity contribution in [3.8, 4) is 11.5 Å². The van der Waals surface area contributed by atoms with Gasteiger partial charge in [0.2, 0.25) is 0 Å². The van der Waals surface area contributed by atoms with Crippen LogP contribution < -0.4 is 5.32 Å². The predicted octanol–water partition coefficient (Wildman–Crippen LogP) is 5.03. The Balaban J connectivity index is 1.57. The molecule has 1 atom stereocenters. The Morgan fingerprint density at radius 1 is 1.26 bits per heavy atom. The van der Waals surface area contributed by atoms with Crippen molar-refractivity contribution in [2.24, 2.45) is 5.92 Å². The van der Waals surface area contributed by atoms with Gasteiger partial charge in [-0.1, -0.05) is 17.7 Å². The summed E-state index contributed by atoms with van der Waals surface area (Å²) >= 11 is 6.05. The van der Waals surface area contributed by atoms with E-state index in [9.17, 15) is 27.2 Å². The molecule has 2 aromatic heterocycles. The summed E-state index contributed by atoms with van der Waals surface area (Å²) in [6.07, 6.45) is -1.99. The number of carbonyl (C=O) groups is 2. The number of anilines is 1. The molecule has 4 rings (SSSR count). The van der Waals surface area contributed by atoms with Crippen molar-refractivity contribution in [1.29, 1.82) is 0 Å². The van der Waals surface area contributed by atoms with Crippen LogP contribution >= 0.6 is 11.6 Å². The van der Waals surface area contributed by atoms with Crippen molar-refractivity contribution < 1.29 is 27.2 Å². The Kier molecular flexibility index (Phi) is 6.39. The fourth-order valence-corrected chi connectivity index (χ4v) is 3.54. The average Bonchev–Trinajstić information content (AvgIpc) is 3.51. The van der Waals surface area contributed by atoms with Crippen LogP contribution in [0.25, 0.3) is 11.5 Å². The number of hydrogen-bond acceptors (Lipinski definition) is 5. The van der Waals surface area contributed by atoms with Crippen molar-refractivity contribution in [1.82, 2.24) is 19.7 Å². The molecule has 1 aliphatic carbocycles. The highest BCUT2D eigenvalue weighted by Gasteiger charge is 2.39. The summed E-state index contributed by atoms with van der Waals surface area (Å²) in [5.74, 6) is -1.98. The van der Waals surface area contributed by atoms with Crippen molar-refractivity contribution in [3.63, 3.8) is 0 Å². The number of rotatable bonds is 7. The molecular formula is C22H18ClF4N5O2. The molecule has 0 spiro atoms. The largest absolute Gasteiger partial charge is 0.408 e. The van der Waals surface area contributed by atoms with E-state index in [1.807, 2.05) is 0 Å². The molecule has 2 heterocycles. The first-order valence-electron chi connectivity index (χ1n) is 10.3. The van der Waals surface area contributed by atoms with E-state index < -0.39 is 23.9 Å². The summed E-state index contributed by atoms with van der Waals surface area (Å²) in [4.78, 5) is 29.0. The summed E-state index contributed by atoms with van der Waals surface area (Å²) in [5, 5.41) is 9.71. The molecule has 1 fully saturated rings. The standard InChI is InChI=1S/C22H18ClF4N5O2/c1-11(22(25,26)27)32-10-28-31-20(32)17-3-2-4-19(29-17)30-21(34)14-7-13(15(23)9-16(14)24)8-18(33)12-5-6-12/h2-4,7,9-12H,5-6,8H2,1H3,(H,29,30,34)/t11-/m0/s1. The first-order chi connectivity index (χ1) is 16.0. The van der Waals surface area contributed by atoms with Gasteiger partial charge >= 0.3 is 6.18 Å². The smallest absolute Gasteiger partial charge is 0.306 e. The molecule has 34 heavy (non-hydrogen) atoms. The molecule has 1 aliphatic rings. The number of halogens is 5. The van der Waals surface area contributed by atoms with Crippen LogP contribution in [0.3, 0.4) is 0 Å². The molecule has 0 bridgehead atoms. The molecule has 3 aromatic rings. The number of nitrogens with zero attached hydrogens (tertiary/aromatic N) is 4.